The van der Waals surface area contributed by atoms with E-state index in [9.17, 15) is 43.5 Å². The summed E-state index contributed by atoms with van der Waals surface area (Å²) in [5, 5.41) is 25.2. The van der Waals surface area contributed by atoms with Crippen LogP contribution in [-0.2, 0) is 60.6 Å². The van der Waals surface area contributed by atoms with E-state index in [1.54, 1.807) is 117 Å². The number of hydrogen-bond donors (Lipinski definition) is 7. The second-order valence-corrected chi connectivity index (χ2v) is 21.3. The third kappa shape index (κ3) is 23.6. The number of hydrogen-bond acceptors (Lipinski definition) is 12. The van der Waals surface area contributed by atoms with Crippen LogP contribution in [0.2, 0.25) is 0 Å². The number of amides is 6. The second kappa shape index (κ2) is 24.9. The highest BCUT2D eigenvalue weighted by Crippen LogP contribution is 2.20. The molecule has 0 aliphatic carbocycles. The van der Waals surface area contributed by atoms with Gasteiger partial charge in [-0.05, 0) is 134 Å². The van der Waals surface area contributed by atoms with Crippen LogP contribution in [0.25, 0.3) is 0 Å². The van der Waals surface area contributed by atoms with Crippen LogP contribution >= 0.6 is 0 Å². The second-order valence-electron chi connectivity index (χ2n) is 21.3. The van der Waals surface area contributed by atoms with E-state index in [1.807, 2.05) is 20.8 Å². The zero-order valence-electron chi connectivity index (χ0n) is 43.0. The summed E-state index contributed by atoms with van der Waals surface area (Å²) in [4.78, 5) is 107. The third-order valence-electron chi connectivity index (χ3n) is 9.41. The first-order chi connectivity index (χ1) is 31.5. The molecule has 19 heteroatoms. The van der Waals surface area contributed by atoms with E-state index >= 15 is 0 Å². The fourth-order valence-electron chi connectivity index (χ4n) is 6.50. The third-order valence-corrected chi connectivity index (χ3v) is 9.41. The number of nitrogens with one attached hydrogen (secondary N) is 6. The number of benzene rings is 2. The van der Waals surface area contributed by atoms with Gasteiger partial charge in [0.2, 0.25) is 29.5 Å². The summed E-state index contributed by atoms with van der Waals surface area (Å²) >= 11 is 0. The summed E-state index contributed by atoms with van der Waals surface area (Å²) in [6.45, 7) is 24.4. The molecule has 0 saturated heterocycles. The van der Waals surface area contributed by atoms with Gasteiger partial charge in [0, 0.05) is 19.3 Å². The summed E-state index contributed by atoms with van der Waals surface area (Å²) in [7, 11) is 0. The van der Waals surface area contributed by atoms with Gasteiger partial charge in [0.15, 0.2) is 0 Å². The predicted octanol–water partition coefficient (Wildman–Crippen LogP) is 4.42. The maximum Gasteiger partial charge on any atom is 0.408 e. The maximum absolute atomic E-state index is 14.0. The Morgan fingerprint density at radius 3 is 1.65 bits per heavy atom. The Kier molecular flexibility index (Phi) is 21.2. The van der Waals surface area contributed by atoms with E-state index in [0.29, 0.717) is 16.9 Å². The van der Waals surface area contributed by atoms with E-state index in [4.69, 9.17) is 18.9 Å². The number of aliphatic carboxylic acids is 1. The van der Waals surface area contributed by atoms with Crippen LogP contribution in [-0.4, -0.2) is 117 Å². The standard InChI is InChI=1S/C50H76N6O13/c1-30(66-46(2,3)4)39(42(61)52-36(43(62)63)28-31-19-17-16-18-20-31)55-37(57)29-51-40(59)34(25-26-38(58)68-48(8,9)10)53-44(64)50(14,15)56-41(60)35(54-45(65)69-49(11,12)13)27-32-21-23-33(24-22-32)67-47(5,6)7/h16-24,30,34-36,39H,25-29H2,1-15H3,(H,51,59)(H,52,61)(H,53,64)(H,54,65)(H,55,57)(H,56,60)(H,62,63)/t30-,34+,35+,36+,39+/m1/s1. The van der Waals surface area contributed by atoms with Crippen molar-refractivity contribution in [3.05, 3.63) is 65.7 Å². The Morgan fingerprint density at radius 1 is 0.580 bits per heavy atom. The first-order valence-corrected chi connectivity index (χ1v) is 23.0. The van der Waals surface area contributed by atoms with Crippen molar-refractivity contribution in [3.63, 3.8) is 0 Å². The largest absolute Gasteiger partial charge is 0.488 e. The highest BCUT2D eigenvalue weighted by Gasteiger charge is 2.37. The van der Waals surface area contributed by atoms with Gasteiger partial charge in [0.05, 0.1) is 18.2 Å². The molecule has 0 aliphatic rings. The minimum Gasteiger partial charge on any atom is -0.488 e. The molecule has 2 aromatic carbocycles. The van der Waals surface area contributed by atoms with Gasteiger partial charge in [0.1, 0.15) is 52.3 Å². The molecule has 0 bridgehead atoms. The molecule has 0 spiro atoms. The van der Waals surface area contributed by atoms with E-state index in [0.717, 1.165) is 0 Å². The number of ether oxygens (including phenoxy) is 4. The zero-order valence-corrected chi connectivity index (χ0v) is 43.0. The molecule has 6 amide bonds. The van der Waals surface area contributed by atoms with Crippen molar-refractivity contribution in [1.82, 2.24) is 31.9 Å². The van der Waals surface area contributed by atoms with Gasteiger partial charge in [-0.3, -0.25) is 28.8 Å². The molecule has 0 aromatic heterocycles. The lowest BCUT2D eigenvalue weighted by Gasteiger charge is -2.31. The van der Waals surface area contributed by atoms with Crippen LogP contribution in [0.5, 0.6) is 5.75 Å². The zero-order chi connectivity index (χ0) is 52.7. The van der Waals surface area contributed by atoms with Crippen LogP contribution < -0.4 is 36.6 Å². The molecular formula is C50H76N6O13. The number of rotatable bonds is 22. The first-order valence-electron chi connectivity index (χ1n) is 23.0. The Labute approximate surface area is 406 Å². The topological polar surface area (TPSA) is 266 Å². The minimum atomic E-state index is -1.74. The van der Waals surface area contributed by atoms with Crippen molar-refractivity contribution in [2.75, 3.05) is 6.54 Å². The molecule has 0 unspecified atom stereocenters. The van der Waals surface area contributed by atoms with Crippen LogP contribution in [0.4, 0.5) is 4.79 Å². The molecule has 2 aromatic rings. The van der Waals surface area contributed by atoms with Crippen molar-refractivity contribution >= 4 is 47.6 Å². The van der Waals surface area contributed by atoms with Gasteiger partial charge in [-0.2, -0.15) is 0 Å². The molecule has 0 radical (unpaired) electrons. The molecule has 2 rings (SSSR count). The summed E-state index contributed by atoms with van der Waals surface area (Å²) in [5.74, 6) is -5.64. The summed E-state index contributed by atoms with van der Waals surface area (Å²) in [5.41, 5.74) is -3.45. The number of carbonyl (C=O) groups excluding carboxylic acids is 7. The highest BCUT2D eigenvalue weighted by molar-refractivity contribution is 5.97. The number of carboxylic acids is 1. The summed E-state index contributed by atoms with van der Waals surface area (Å²) < 4.78 is 22.7. The van der Waals surface area contributed by atoms with Gasteiger partial charge in [-0.15, -0.1) is 0 Å². The Bertz CT molecular complexity index is 2080. The smallest absolute Gasteiger partial charge is 0.408 e. The molecule has 7 N–H and O–H groups in total. The molecule has 5 atom stereocenters. The van der Waals surface area contributed by atoms with Crippen molar-refractivity contribution in [1.29, 1.82) is 0 Å². The Morgan fingerprint density at radius 2 is 1.13 bits per heavy atom. The van der Waals surface area contributed by atoms with Crippen molar-refractivity contribution in [2.24, 2.45) is 0 Å². The van der Waals surface area contributed by atoms with Crippen LogP contribution in [0.15, 0.2) is 54.6 Å². The van der Waals surface area contributed by atoms with Gasteiger partial charge in [-0.25, -0.2) is 9.59 Å². The normalized spacial score (nSPS) is 14.3. The number of esters is 1. The molecule has 0 heterocycles. The minimum absolute atomic E-state index is 0.0149. The molecule has 384 valence electrons. The van der Waals surface area contributed by atoms with Crippen LogP contribution in [0.1, 0.15) is 128 Å². The average molecular weight is 969 g/mol. The SMILES string of the molecule is C[C@@H](OC(C)(C)C)[C@H](NC(=O)CNC(=O)[C@H](CCC(=O)OC(C)(C)C)NC(=O)C(C)(C)NC(=O)[C@H](Cc1ccc(OC(C)(C)C)cc1)NC(=O)OC(C)(C)C)C(=O)N[C@@H](Cc1ccccc1)C(=O)O. The van der Waals surface area contributed by atoms with E-state index < -0.39 is 112 Å². The monoisotopic (exact) mass is 969 g/mol. The molecular weight excluding hydrogens is 893 g/mol. The maximum atomic E-state index is 14.0. The number of carboxylic acid groups (broad SMARTS) is 1. The summed E-state index contributed by atoms with van der Waals surface area (Å²) in [6, 6.07) is 10.1. The Balaban J connectivity index is 2.34. The Hall–Kier alpha value is -6.24. The summed E-state index contributed by atoms with van der Waals surface area (Å²) in [6.07, 6.45) is -2.56. The fraction of sp³-hybridized carbons (Fsp3) is 0.600. The predicted molar refractivity (Wildman–Crippen MR) is 258 cm³/mol. The van der Waals surface area contributed by atoms with Crippen LogP contribution in [0.3, 0.4) is 0 Å². The molecule has 0 saturated carbocycles. The number of alkyl carbamates (subject to hydrolysis) is 1. The van der Waals surface area contributed by atoms with Gasteiger partial charge < -0.3 is 56.0 Å². The van der Waals surface area contributed by atoms with Crippen molar-refractivity contribution in [3.8, 4) is 5.75 Å². The number of carbonyl (C=O) groups is 8. The lowest BCUT2D eigenvalue weighted by atomic mass is 9.99. The van der Waals surface area contributed by atoms with E-state index in [1.165, 1.54) is 20.8 Å². The fourth-order valence-corrected chi connectivity index (χ4v) is 6.50. The van der Waals surface area contributed by atoms with E-state index in [2.05, 4.69) is 31.9 Å². The molecule has 0 fully saturated rings. The quantitative estimate of drug-likeness (QED) is 0.0808. The van der Waals surface area contributed by atoms with Crippen molar-refractivity contribution in [2.45, 2.75) is 188 Å². The molecule has 19 nitrogen and oxygen atoms in total. The lowest BCUT2D eigenvalue weighted by Crippen LogP contribution is -2.62. The first kappa shape index (κ1) is 58.9. The molecule has 69 heavy (non-hydrogen) atoms. The lowest BCUT2D eigenvalue weighted by molar-refractivity contribution is -0.155. The van der Waals surface area contributed by atoms with Gasteiger partial charge >= 0.3 is 18.0 Å². The van der Waals surface area contributed by atoms with Gasteiger partial charge in [0.25, 0.3) is 0 Å². The van der Waals surface area contributed by atoms with Crippen LogP contribution in [0, 0.1) is 0 Å². The van der Waals surface area contributed by atoms with E-state index in [-0.39, 0.29) is 25.7 Å². The molecule has 0 aliphatic heterocycles. The average Bonchev–Trinajstić information content (AvgIpc) is 3.18. The highest BCUT2D eigenvalue weighted by atomic mass is 16.6. The van der Waals surface area contributed by atoms with Gasteiger partial charge in [-0.1, -0.05) is 42.5 Å². The van der Waals surface area contributed by atoms with Crippen molar-refractivity contribution < 1.29 is 62.4 Å².